The van der Waals surface area contributed by atoms with E-state index in [1.807, 2.05) is 6.92 Å². The molecule has 61 heavy (non-hydrogen) atoms. The summed E-state index contributed by atoms with van der Waals surface area (Å²) in [6.45, 7) is 8.03. The van der Waals surface area contributed by atoms with Gasteiger partial charge in [0.15, 0.2) is 11.3 Å². The zero-order valence-corrected chi connectivity index (χ0v) is 34.7. The number of ether oxygens (including phenoxy) is 2. The van der Waals surface area contributed by atoms with Gasteiger partial charge in [-0.05, 0) is 70.5 Å². The normalized spacial score (nSPS) is 12.0. The SMILES string of the molecule is CCN=C(/C=C(/C)N)C(=O)Nc1[nH]c2cc(C(N)=O)cc(OCCCC(=O)N(C)O)c2[n+]1C/C=C/Cn1c(NC(=O)c2cc(C)nn2CC)nc2cc(C(N)=O)cc(OC)c21. The Kier molecular flexibility index (Phi) is 14.2. The lowest BCUT2D eigenvalue weighted by Gasteiger charge is -2.11. The number of carbonyl (C=O) groups is 5. The van der Waals surface area contributed by atoms with Crippen LogP contribution in [0, 0.1) is 6.92 Å². The number of imidazole rings is 2. The number of nitrogens with zero attached hydrogens (tertiary/aromatic N) is 7. The van der Waals surface area contributed by atoms with E-state index in [1.165, 1.54) is 44.5 Å². The van der Waals surface area contributed by atoms with E-state index in [2.05, 4.69) is 30.7 Å². The number of hydrogen-bond donors (Lipinski definition) is 7. The van der Waals surface area contributed by atoms with Gasteiger partial charge in [0.2, 0.25) is 23.7 Å². The average Bonchev–Trinajstić information content (AvgIpc) is 3.88. The highest BCUT2D eigenvalue weighted by molar-refractivity contribution is 6.47. The molecule has 0 saturated carbocycles. The minimum atomic E-state index is -0.737. The van der Waals surface area contributed by atoms with Crippen LogP contribution in [0.4, 0.5) is 11.9 Å². The lowest BCUT2D eigenvalue weighted by molar-refractivity contribution is -0.646. The Labute approximate surface area is 349 Å². The van der Waals surface area contributed by atoms with E-state index < -0.39 is 29.5 Å². The Balaban J connectivity index is 1.58. The first-order chi connectivity index (χ1) is 29.1. The van der Waals surface area contributed by atoms with E-state index in [0.29, 0.717) is 57.3 Å². The largest absolute Gasteiger partial charge is 0.494 e. The predicted octanol–water partition coefficient (Wildman–Crippen LogP) is 2.31. The highest BCUT2D eigenvalue weighted by atomic mass is 16.5. The fourth-order valence-electron chi connectivity index (χ4n) is 6.43. The summed E-state index contributed by atoms with van der Waals surface area (Å²) in [6, 6.07) is 7.63. The number of primary amides is 2. The van der Waals surface area contributed by atoms with Crippen molar-refractivity contribution in [2.45, 2.75) is 60.2 Å². The van der Waals surface area contributed by atoms with Crippen LogP contribution in [-0.2, 0) is 29.2 Å². The van der Waals surface area contributed by atoms with Crippen LogP contribution in [0.25, 0.3) is 22.1 Å². The summed E-state index contributed by atoms with van der Waals surface area (Å²) < 4.78 is 16.7. The molecule has 0 fully saturated rings. The molecule has 0 saturated heterocycles. The molecule has 21 heteroatoms. The summed E-state index contributed by atoms with van der Waals surface area (Å²) in [5.41, 5.74) is 20.5. The molecule has 3 heterocycles. The number of nitrogens with one attached hydrogen (secondary N) is 3. The Bertz CT molecular complexity index is 2590. The van der Waals surface area contributed by atoms with Crippen LogP contribution in [0.15, 0.2) is 59.2 Å². The van der Waals surface area contributed by atoms with E-state index in [-0.39, 0.29) is 72.8 Å². The Morgan fingerprint density at radius 2 is 1.72 bits per heavy atom. The van der Waals surface area contributed by atoms with Crippen LogP contribution in [0.2, 0.25) is 0 Å². The van der Waals surface area contributed by atoms with Crippen molar-refractivity contribution >= 4 is 69.2 Å². The number of aliphatic imine (C=N–C) groups is 1. The van der Waals surface area contributed by atoms with Crippen LogP contribution >= 0.6 is 0 Å². The third kappa shape index (κ3) is 10.4. The molecule has 2 aromatic carbocycles. The van der Waals surface area contributed by atoms with Crippen LogP contribution in [0.1, 0.15) is 70.5 Å². The number of methoxy groups -OCH3 is 1. The molecule has 0 bridgehead atoms. The van der Waals surface area contributed by atoms with Crippen molar-refractivity contribution in [2.75, 3.05) is 37.9 Å². The summed E-state index contributed by atoms with van der Waals surface area (Å²) in [5.74, 6) is -2.16. The highest BCUT2D eigenvalue weighted by Crippen LogP contribution is 2.31. The third-order valence-corrected chi connectivity index (χ3v) is 9.18. The first-order valence-electron chi connectivity index (χ1n) is 19.2. The predicted molar refractivity (Wildman–Crippen MR) is 225 cm³/mol. The number of nitrogens with two attached hydrogens (primary N) is 3. The van der Waals surface area contributed by atoms with E-state index >= 15 is 0 Å². The van der Waals surface area contributed by atoms with Crippen molar-refractivity contribution in [1.82, 2.24) is 29.4 Å². The maximum absolute atomic E-state index is 13.6. The molecular weight excluding hydrogens is 791 g/mol. The molecule has 0 aliphatic carbocycles. The number of allylic oxidation sites excluding steroid dienone is 3. The fourth-order valence-corrected chi connectivity index (χ4v) is 6.43. The second-order valence-corrected chi connectivity index (χ2v) is 13.8. The minimum Gasteiger partial charge on any atom is -0.494 e. The number of amides is 5. The molecule has 21 nitrogen and oxygen atoms in total. The molecule has 0 unspecified atom stereocenters. The van der Waals surface area contributed by atoms with Gasteiger partial charge in [0.1, 0.15) is 28.2 Å². The molecule has 3 aromatic heterocycles. The second-order valence-electron chi connectivity index (χ2n) is 13.8. The summed E-state index contributed by atoms with van der Waals surface area (Å²) in [7, 11) is 2.66. The molecule has 0 atom stereocenters. The molecule has 0 aliphatic rings. The van der Waals surface area contributed by atoms with Crippen LogP contribution in [-0.4, -0.2) is 97.1 Å². The number of H-pyrrole nitrogens is 1. The minimum absolute atomic E-state index is 0.0155. The van der Waals surface area contributed by atoms with E-state index in [4.69, 9.17) is 26.7 Å². The smallest absolute Gasteiger partial charge is 0.363 e. The van der Waals surface area contributed by atoms with Crippen molar-refractivity contribution in [2.24, 2.45) is 22.2 Å². The molecule has 0 spiro atoms. The maximum Gasteiger partial charge on any atom is 0.363 e. The number of aromatic nitrogens is 6. The summed E-state index contributed by atoms with van der Waals surface area (Å²) in [6.07, 6.45) is 5.23. The van der Waals surface area contributed by atoms with E-state index in [0.717, 1.165) is 0 Å². The molecular formula is C40H50N13O8+. The van der Waals surface area contributed by atoms with Crippen molar-refractivity contribution in [3.63, 3.8) is 0 Å². The van der Waals surface area contributed by atoms with Gasteiger partial charge in [0.05, 0.1) is 31.5 Å². The number of anilines is 2. The van der Waals surface area contributed by atoms with Crippen LogP contribution in [0.5, 0.6) is 11.5 Å². The number of fused-ring (bicyclic) bond motifs is 2. The fraction of sp³-hybridized carbons (Fsp3) is 0.325. The van der Waals surface area contributed by atoms with Gasteiger partial charge in [-0.1, -0.05) is 12.2 Å². The molecule has 322 valence electrons. The van der Waals surface area contributed by atoms with E-state index in [1.54, 1.807) is 52.8 Å². The average molecular weight is 841 g/mol. The van der Waals surface area contributed by atoms with Gasteiger partial charge < -0.3 is 31.2 Å². The second kappa shape index (κ2) is 19.5. The maximum atomic E-state index is 13.6. The molecule has 0 radical (unpaired) electrons. The molecule has 5 amide bonds. The standard InChI is InChI=1S/C40H49N13O8/c1-7-44-28(16-22(3)41)37(57)47-39-46-27-19-25(36(43)56)21-31(61-15-11-12-32(54)50(5)59)34(27)52(39)14-10-9-13-51-33-26(18-24(35(42)55)20-30(33)60-6)45-40(51)48-38(58)29-17-23(4)49-53(29)8-2/h9-10,16-21,59H,7-8,11-15H2,1-6H3,(H8,41,42,43,44,45,46,47,48,55,56,57,58)/p+1/b10-9+. The monoisotopic (exact) mass is 840 g/mol. The van der Waals surface area contributed by atoms with Gasteiger partial charge in [-0.25, -0.2) is 29.7 Å². The summed E-state index contributed by atoms with van der Waals surface area (Å²) in [5, 5.41) is 20.1. The van der Waals surface area contributed by atoms with Gasteiger partial charge in [0, 0.05) is 49.9 Å². The number of carbonyl (C=O) groups excluding carboxylic acids is 5. The van der Waals surface area contributed by atoms with Gasteiger partial charge in [0.25, 0.3) is 5.91 Å². The zero-order chi connectivity index (χ0) is 44.5. The van der Waals surface area contributed by atoms with Crippen molar-refractivity contribution in [3.8, 4) is 11.5 Å². The first-order valence-corrected chi connectivity index (χ1v) is 19.2. The molecule has 5 aromatic rings. The number of hydroxylamine groups is 2. The Morgan fingerprint density at radius 1 is 1.02 bits per heavy atom. The quantitative estimate of drug-likeness (QED) is 0.0158. The van der Waals surface area contributed by atoms with Crippen LogP contribution in [0.3, 0.4) is 0 Å². The summed E-state index contributed by atoms with van der Waals surface area (Å²) >= 11 is 0. The van der Waals surface area contributed by atoms with Gasteiger partial charge >= 0.3 is 11.9 Å². The first kappa shape index (κ1) is 44.6. The van der Waals surface area contributed by atoms with Crippen molar-refractivity contribution in [1.29, 1.82) is 0 Å². The highest BCUT2D eigenvalue weighted by Gasteiger charge is 2.27. The number of benzene rings is 2. The Hall–Kier alpha value is -7.55. The topological polar surface area (TPSA) is 297 Å². The van der Waals surface area contributed by atoms with Gasteiger partial charge in [-0.15, -0.1) is 0 Å². The number of rotatable bonds is 19. The van der Waals surface area contributed by atoms with Gasteiger partial charge in [-0.2, -0.15) is 5.10 Å². The Morgan fingerprint density at radius 3 is 2.36 bits per heavy atom. The number of hydrogen-bond acceptors (Lipinski definition) is 12. The number of aromatic amines is 1. The lowest BCUT2D eigenvalue weighted by atomic mass is 10.1. The van der Waals surface area contributed by atoms with Gasteiger partial charge in [-0.3, -0.25) is 39.4 Å². The van der Waals surface area contributed by atoms with Crippen LogP contribution < -0.4 is 41.9 Å². The third-order valence-electron chi connectivity index (χ3n) is 9.18. The molecule has 10 N–H and O–H groups in total. The molecule has 5 rings (SSSR count). The number of aryl methyl sites for hydroxylation is 2. The zero-order valence-electron chi connectivity index (χ0n) is 34.7. The lowest BCUT2D eigenvalue weighted by Crippen LogP contribution is -2.38. The molecule has 0 aliphatic heterocycles. The summed E-state index contributed by atoms with van der Waals surface area (Å²) in [4.78, 5) is 76.0. The van der Waals surface area contributed by atoms with Crippen molar-refractivity contribution < 1.29 is 43.2 Å². The van der Waals surface area contributed by atoms with Crippen molar-refractivity contribution in [3.05, 3.63) is 76.8 Å². The van der Waals surface area contributed by atoms with E-state index in [9.17, 15) is 29.2 Å².